The van der Waals surface area contributed by atoms with Crippen molar-refractivity contribution in [1.82, 2.24) is 25.2 Å². The molecule has 7 nitrogen and oxygen atoms in total. The number of phenols is 1. The van der Waals surface area contributed by atoms with Crippen LogP contribution in [-0.4, -0.2) is 51.0 Å². The van der Waals surface area contributed by atoms with E-state index in [-0.39, 0.29) is 17.0 Å². The number of imidazole rings is 1. The number of fused-ring (bicyclic) bond motifs is 1. The Morgan fingerprint density at radius 2 is 1.78 bits per heavy atom. The molecule has 3 N–H and O–H groups in total. The molecule has 0 radical (unpaired) electrons. The van der Waals surface area contributed by atoms with E-state index in [4.69, 9.17) is 0 Å². The first kappa shape index (κ1) is 26.7. The second-order valence-corrected chi connectivity index (χ2v) is 10.8. The lowest BCUT2D eigenvalue weighted by atomic mass is 9.88. The largest absolute Gasteiger partial charge is 0.508 e. The molecule has 208 valence electrons. The van der Waals surface area contributed by atoms with Crippen LogP contribution < -0.4 is 5.32 Å². The number of aromatic amines is 1. The molecule has 0 bridgehead atoms. The van der Waals surface area contributed by atoms with Crippen LogP contribution in [0.2, 0.25) is 0 Å². The zero-order valence-electron chi connectivity index (χ0n) is 23.1. The summed E-state index contributed by atoms with van der Waals surface area (Å²) >= 11 is 0. The number of nitrogens with one attached hydrogen (secondary N) is 2. The highest BCUT2D eigenvalue weighted by molar-refractivity contribution is 5.93. The molecule has 0 unspecified atom stereocenters. The molecule has 3 heterocycles. The van der Waals surface area contributed by atoms with Crippen molar-refractivity contribution in [1.29, 1.82) is 0 Å². The summed E-state index contributed by atoms with van der Waals surface area (Å²) in [5, 5.41) is 13.5. The number of hydrogen-bond acceptors (Lipinski definition) is 5. The van der Waals surface area contributed by atoms with Crippen molar-refractivity contribution in [3.8, 4) is 16.9 Å². The molecule has 41 heavy (non-hydrogen) atoms. The van der Waals surface area contributed by atoms with Gasteiger partial charge in [0.25, 0.3) is 5.91 Å². The van der Waals surface area contributed by atoms with Gasteiger partial charge in [-0.1, -0.05) is 42.5 Å². The number of H-pyrrole nitrogens is 1. The van der Waals surface area contributed by atoms with Gasteiger partial charge in [-0.05, 0) is 93.3 Å². The smallest absolute Gasteiger partial charge is 0.270 e. The molecular weight excluding hydrogens is 517 g/mol. The summed E-state index contributed by atoms with van der Waals surface area (Å²) < 4.78 is 14.2. The zero-order valence-corrected chi connectivity index (χ0v) is 23.1. The summed E-state index contributed by atoms with van der Waals surface area (Å²) in [5.41, 5.74) is 5.94. The monoisotopic (exact) mass is 549 g/mol. The fourth-order valence-electron chi connectivity index (χ4n) is 5.63. The maximum Gasteiger partial charge on any atom is 0.270 e. The van der Waals surface area contributed by atoms with Crippen molar-refractivity contribution in [2.45, 2.75) is 31.7 Å². The third-order valence-electron chi connectivity index (χ3n) is 7.99. The standard InChI is InChI=1S/C33H32FN5O2/c1-20-25(23-9-7-21(8-10-23)22-15-17-39(2)18-16-22)12-13-29(35-20)33(41)38-31(26-19-24(34)11-14-30(26)40)32-36-27-5-3-4-6-28(27)37-32/h3-14,19,22,31,40H,15-18H2,1-2H3,(H,36,37)(H,38,41)/t31-/m0/s1. The summed E-state index contributed by atoms with van der Waals surface area (Å²) in [7, 11) is 2.17. The number of piperidine rings is 1. The number of rotatable bonds is 6. The maximum atomic E-state index is 14.2. The molecule has 0 saturated carbocycles. The van der Waals surface area contributed by atoms with Crippen molar-refractivity contribution in [3.63, 3.8) is 0 Å². The van der Waals surface area contributed by atoms with E-state index in [9.17, 15) is 14.3 Å². The number of aromatic hydroxyl groups is 1. The van der Waals surface area contributed by atoms with Gasteiger partial charge in [0.1, 0.15) is 29.1 Å². The number of likely N-dealkylation sites (tertiary alicyclic amines) is 1. The van der Waals surface area contributed by atoms with Crippen molar-refractivity contribution < 1.29 is 14.3 Å². The summed E-state index contributed by atoms with van der Waals surface area (Å²) in [4.78, 5) is 28.2. The Morgan fingerprint density at radius 3 is 2.51 bits per heavy atom. The SMILES string of the molecule is Cc1nc(C(=O)N[C@H](c2nc3ccccc3[nH]2)c2cc(F)ccc2O)ccc1-c1ccc(C2CCN(C)CC2)cc1. The van der Waals surface area contributed by atoms with E-state index >= 15 is 0 Å². The molecule has 1 aliphatic heterocycles. The molecular formula is C33H32FN5O2. The van der Waals surface area contributed by atoms with Crippen LogP contribution in [0.5, 0.6) is 5.75 Å². The molecule has 1 amide bonds. The number of nitrogens with zero attached hydrogens (tertiary/aromatic N) is 3. The van der Waals surface area contributed by atoms with Gasteiger partial charge in [0.15, 0.2) is 0 Å². The van der Waals surface area contributed by atoms with Crippen LogP contribution in [0.15, 0.2) is 78.9 Å². The zero-order chi connectivity index (χ0) is 28.5. The van der Waals surface area contributed by atoms with Crippen LogP contribution in [0.4, 0.5) is 4.39 Å². The first-order valence-corrected chi connectivity index (χ1v) is 13.9. The lowest BCUT2D eigenvalue weighted by molar-refractivity contribution is 0.0936. The number of amides is 1. The number of halogens is 1. The highest BCUT2D eigenvalue weighted by Crippen LogP contribution is 2.32. The number of aromatic nitrogens is 3. The number of para-hydroxylation sites is 2. The van der Waals surface area contributed by atoms with E-state index in [1.54, 1.807) is 6.07 Å². The minimum atomic E-state index is -0.931. The summed E-state index contributed by atoms with van der Waals surface area (Å²) in [5.74, 6) is -0.193. The van der Waals surface area contributed by atoms with Crippen LogP contribution in [0.3, 0.4) is 0 Å². The van der Waals surface area contributed by atoms with E-state index in [0.29, 0.717) is 17.3 Å². The van der Waals surface area contributed by atoms with E-state index in [0.717, 1.165) is 35.4 Å². The molecule has 2 aromatic heterocycles. The van der Waals surface area contributed by atoms with E-state index in [1.165, 1.54) is 36.6 Å². The Labute approximate surface area is 238 Å². The Kier molecular flexibility index (Phi) is 7.24. The summed E-state index contributed by atoms with van der Waals surface area (Å²) in [6.45, 7) is 4.12. The second kappa shape index (κ2) is 11.1. The maximum absolute atomic E-state index is 14.2. The molecule has 0 aliphatic carbocycles. The molecule has 6 rings (SSSR count). The molecule has 1 aliphatic rings. The predicted octanol–water partition coefficient (Wildman–Crippen LogP) is 6.11. The first-order chi connectivity index (χ1) is 19.9. The Morgan fingerprint density at radius 1 is 1.02 bits per heavy atom. The number of pyridine rings is 1. The predicted molar refractivity (Wildman–Crippen MR) is 157 cm³/mol. The quantitative estimate of drug-likeness (QED) is 0.238. The van der Waals surface area contributed by atoms with Gasteiger partial charge < -0.3 is 20.3 Å². The van der Waals surface area contributed by atoms with Gasteiger partial charge in [-0.25, -0.2) is 14.4 Å². The van der Waals surface area contributed by atoms with Crippen LogP contribution in [0.25, 0.3) is 22.2 Å². The van der Waals surface area contributed by atoms with Gasteiger partial charge in [-0.3, -0.25) is 4.79 Å². The third-order valence-corrected chi connectivity index (χ3v) is 7.99. The number of benzene rings is 3. The van der Waals surface area contributed by atoms with Gasteiger partial charge in [0.05, 0.1) is 11.0 Å². The van der Waals surface area contributed by atoms with Crippen molar-refractivity contribution in [2.24, 2.45) is 0 Å². The number of carbonyl (C=O) groups is 1. The topological polar surface area (TPSA) is 94.1 Å². The van der Waals surface area contributed by atoms with Gasteiger partial charge in [0.2, 0.25) is 0 Å². The highest BCUT2D eigenvalue weighted by Gasteiger charge is 2.25. The lowest BCUT2D eigenvalue weighted by Crippen LogP contribution is -2.31. The minimum absolute atomic E-state index is 0.152. The average molecular weight is 550 g/mol. The number of phenolic OH excluding ortho intramolecular Hbond substituents is 1. The van der Waals surface area contributed by atoms with Gasteiger partial charge in [-0.2, -0.15) is 0 Å². The molecule has 1 saturated heterocycles. The van der Waals surface area contributed by atoms with Crippen LogP contribution in [0, 0.1) is 12.7 Å². The highest BCUT2D eigenvalue weighted by atomic mass is 19.1. The van der Waals surface area contributed by atoms with Crippen LogP contribution in [-0.2, 0) is 0 Å². The van der Waals surface area contributed by atoms with E-state index in [1.807, 2.05) is 37.3 Å². The molecule has 5 aromatic rings. The molecule has 8 heteroatoms. The van der Waals surface area contributed by atoms with Crippen molar-refractivity contribution >= 4 is 16.9 Å². The van der Waals surface area contributed by atoms with Crippen molar-refractivity contribution in [3.05, 3.63) is 113 Å². The number of hydrogen-bond donors (Lipinski definition) is 3. The Bertz CT molecular complexity index is 1670. The van der Waals surface area contributed by atoms with Crippen LogP contribution in [0.1, 0.15) is 57.9 Å². The van der Waals surface area contributed by atoms with Crippen molar-refractivity contribution in [2.75, 3.05) is 20.1 Å². The van der Waals surface area contributed by atoms with Crippen LogP contribution >= 0.6 is 0 Å². The Hall–Kier alpha value is -4.56. The molecule has 3 aromatic carbocycles. The normalized spacial score (nSPS) is 15.2. The average Bonchev–Trinajstić information content (AvgIpc) is 3.42. The van der Waals surface area contributed by atoms with Gasteiger partial charge in [0, 0.05) is 16.8 Å². The van der Waals surface area contributed by atoms with E-state index < -0.39 is 17.8 Å². The fourth-order valence-corrected chi connectivity index (χ4v) is 5.63. The molecule has 0 spiro atoms. The third kappa shape index (κ3) is 5.56. The fraction of sp³-hybridized carbons (Fsp3) is 0.242. The number of carbonyl (C=O) groups excluding carboxylic acids is 1. The van der Waals surface area contributed by atoms with Gasteiger partial charge >= 0.3 is 0 Å². The summed E-state index contributed by atoms with van der Waals surface area (Å²) in [6.07, 6.45) is 2.34. The minimum Gasteiger partial charge on any atom is -0.508 e. The van der Waals surface area contributed by atoms with E-state index in [2.05, 4.69) is 56.5 Å². The first-order valence-electron chi connectivity index (χ1n) is 13.9. The number of aryl methyl sites for hydroxylation is 1. The molecule has 1 atom stereocenters. The lowest BCUT2D eigenvalue weighted by Gasteiger charge is -2.29. The Balaban J connectivity index is 1.26. The second-order valence-electron chi connectivity index (χ2n) is 10.8. The summed E-state index contributed by atoms with van der Waals surface area (Å²) in [6, 6.07) is 22.4. The van der Waals surface area contributed by atoms with Gasteiger partial charge in [-0.15, -0.1) is 0 Å². The molecule has 1 fully saturated rings.